The minimum absolute atomic E-state index is 0.436. The highest BCUT2D eigenvalue weighted by Gasteiger charge is 2.57. The van der Waals surface area contributed by atoms with Gasteiger partial charge in [-0.1, -0.05) is 47.8 Å². The van der Waals surface area contributed by atoms with Crippen molar-refractivity contribution in [2.75, 3.05) is 26.7 Å². The Morgan fingerprint density at radius 3 is 1.69 bits per heavy atom. The van der Waals surface area contributed by atoms with Gasteiger partial charge in [-0.05, 0) is 6.42 Å². The van der Waals surface area contributed by atoms with E-state index in [1.54, 1.807) is 21.3 Å². The van der Waals surface area contributed by atoms with E-state index in [9.17, 15) is 0 Å². The lowest BCUT2D eigenvalue weighted by Gasteiger charge is -2.34. The van der Waals surface area contributed by atoms with Gasteiger partial charge in [-0.25, -0.2) is 0 Å². The van der Waals surface area contributed by atoms with Gasteiger partial charge in [-0.15, -0.1) is 0 Å². The van der Waals surface area contributed by atoms with E-state index in [-0.39, 0.29) is 0 Å². The molecule has 0 fully saturated rings. The second kappa shape index (κ2) is 6.19. The molecular weight excluding hydrogens is 388 g/mol. The van der Waals surface area contributed by atoms with E-state index in [4.69, 9.17) is 13.3 Å². The molecule has 0 bridgehead atoms. The van der Waals surface area contributed by atoms with Crippen LogP contribution in [0.5, 0.6) is 0 Å². The Bertz CT molecular complexity index is 144. The van der Waals surface area contributed by atoms with Crippen molar-refractivity contribution in [3.63, 3.8) is 0 Å². The van der Waals surface area contributed by atoms with E-state index in [1.165, 1.54) is 0 Å². The highest BCUT2D eigenvalue weighted by atomic mass is 79.9. The molecule has 0 aliphatic rings. The summed E-state index contributed by atoms with van der Waals surface area (Å²) in [5, 5.41) is 0.828. The Morgan fingerprint density at radius 1 is 1.08 bits per heavy atom. The molecule has 0 aromatic rings. The van der Waals surface area contributed by atoms with E-state index in [0.717, 1.165) is 11.8 Å². The van der Waals surface area contributed by atoms with Gasteiger partial charge in [-0.3, -0.25) is 0 Å². The van der Waals surface area contributed by atoms with Crippen molar-refractivity contribution in [3.8, 4) is 0 Å². The van der Waals surface area contributed by atoms with Gasteiger partial charge in [0.25, 0.3) is 0 Å². The van der Waals surface area contributed by atoms with Gasteiger partial charge in [0, 0.05) is 26.7 Å². The summed E-state index contributed by atoms with van der Waals surface area (Å²) in [5.74, 6) is 0. The van der Waals surface area contributed by atoms with Crippen LogP contribution in [0.2, 0.25) is 0 Å². The van der Waals surface area contributed by atoms with Crippen LogP contribution in [-0.4, -0.2) is 38.3 Å². The fourth-order valence-corrected chi connectivity index (χ4v) is 8.13. The van der Waals surface area contributed by atoms with Crippen molar-refractivity contribution < 1.29 is 13.3 Å². The maximum atomic E-state index is 5.33. The molecule has 0 aromatic carbocycles. The third-order valence-corrected chi connectivity index (χ3v) is 8.52. The number of hydrogen-bond donors (Lipinski definition) is 0. The van der Waals surface area contributed by atoms with Crippen molar-refractivity contribution in [3.05, 3.63) is 0 Å². The number of alkyl halides is 3. The van der Waals surface area contributed by atoms with Crippen LogP contribution in [0.4, 0.5) is 0 Å². The first-order valence-corrected chi connectivity index (χ1v) is 8.02. The number of hydrogen-bond acceptors (Lipinski definition) is 3. The molecule has 0 aliphatic carbocycles. The fraction of sp³-hybridized carbons (Fsp3) is 1.00. The van der Waals surface area contributed by atoms with Crippen LogP contribution >= 0.6 is 47.8 Å². The second-order valence-corrected chi connectivity index (χ2v) is 11.5. The molecule has 0 saturated heterocycles. The average Bonchev–Trinajstić information content (AvgIpc) is 2.07. The van der Waals surface area contributed by atoms with Gasteiger partial charge >= 0.3 is 8.80 Å². The quantitative estimate of drug-likeness (QED) is 0.506. The molecule has 0 spiro atoms. The molecule has 0 aliphatic heterocycles. The van der Waals surface area contributed by atoms with Gasteiger partial charge in [-0.2, -0.15) is 0 Å². The first kappa shape index (κ1) is 14.5. The summed E-state index contributed by atoms with van der Waals surface area (Å²) in [6.45, 7) is 0. The van der Waals surface area contributed by atoms with Gasteiger partial charge in [0.05, 0.1) is 0 Å². The van der Waals surface area contributed by atoms with Crippen molar-refractivity contribution in [1.82, 2.24) is 0 Å². The lowest BCUT2D eigenvalue weighted by Crippen LogP contribution is -2.57. The maximum absolute atomic E-state index is 5.33. The number of halogens is 3. The predicted octanol–water partition coefficient (Wildman–Crippen LogP) is 2.67. The Hall–Kier alpha value is 1.54. The highest BCUT2D eigenvalue weighted by Crippen LogP contribution is 2.41. The normalized spacial score (nSPS) is 13.4. The first-order valence-electron chi connectivity index (χ1n) is 3.59. The Labute approximate surface area is 105 Å². The van der Waals surface area contributed by atoms with E-state index in [0.29, 0.717) is 0 Å². The molecule has 0 saturated carbocycles. The molecule has 80 valence electrons. The Morgan fingerprint density at radius 2 is 1.46 bits per heavy atom. The zero-order chi connectivity index (χ0) is 10.5. The van der Waals surface area contributed by atoms with Crippen molar-refractivity contribution >= 4 is 56.6 Å². The zero-order valence-electron chi connectivity index (χ0n) is 7.77. The van der Waals surface area contributed by atoms with E-state index < -0.39 is 11.7 Å². The third-order valence-electron chi connectivity index (χ3n) is 1.66. The summed E-state index contributed by atoms with van der Waals surface area (Å²) < 4.78 is 15.6. The average molecular weight is 401 g/mol. The molecule has 7 heteroatoms. The molecule has 0 heterocycles. The van der Waals surface area contributed by atoms with Crippen molar-refractivity contribution in [1.29, 1.82) is 0 Å². The lowest BCUT2D eigenvalue weighted by atomic mass is 10.6. The van der Waals surface area contributed by atoms with Crippen molar-refractivity contribution in [2.45, 2.75) is 9.28 Å². The third kappa shape index (κ3) is 3.25. The minimum atomic E-state index is -2.66. The lowest BCUT2D eigenvalue weighted by molar-refractivity contribution is 0.119. The largest absolute Gasteiger partial charge is 0.529 e. The summed E-state index contributed by atoms with van der Waals surface area (Å²) in [7, 11) is 2.10. The minimum Gasteiger partial charge on any atom is -0.376 e. The smallest absolute Gasteiger partial charge is 0.376 e. The molecule has 3 nitrogen and oxygen atoms in total. The zero-order valence-corrected chi connectivity index (χ0v) is 13.5. The molecule has 0 aromatic heterocycles. The summed E-state index contributed by atoms with van der Waals surface area (Å²) in [4.78, 5) is 0. The summed E-state index contributed by atoms with van der Waals surface area (Å²) in [5.41, 5.74) is 0. The van der Waals surface area contributed by atoms with Gasteiger partial charge in [0.15, 0.2) is 2.86 Å². The molecule has 13 heavy (non-hydrogen) atoms. The Balaban J connectivity index is 4.68. The van der Waals surface area contributed by atoms with Crippen LogP contribution in [0.15, 0.2) is 0 Å². The summed E-state index contributed by atoms with van der Waals surface area (Å²) in [6.07, 6.45) is 0.800. The molecular formula is C6H13Br3O3Si. The molecule has 0 radical (unpaired) electrons. The highest BCUT2D eigenvalue weighted by molar-refractivity contribution is 9.26. The van der Waals surface area contributed by atoms with E-state index in [2.05, 4.69) is 47.8 Å². The van der Waals surface area contributed by atoms with Crippen LogP contribution < -0.4 is 0 Å². The van der Waals surface area contributed by atoms with Crippen molar-refractivity contribution in [2.24, 2.45) is 0 Å². The van der Waals surface area contributed by atoms with Crippen LogP contribution in [0.1, 0.15) is 6.42 Å². The SMILES string of the molecule is CO[Si](OC)(OC)C(Br)(Br)CCBr. The van der Waals surface area contributed by atoms with Gasteiger partial charge in [0.1, 0.15) is 0 Å². The summed E-state index contributed by atoms with van der Waals surface area (Å²) >= 11 is 10.4. The van der Waals surface area contributed by atoms with Gasteiger partial charge in [0.2, 0.25) is 0 Å². The van der Waals surface area contributed by atoms with Crippen LogP contribution in [-0.2, 0) is 13.3 Å². The molecule has 0 unspecified atom stereocenters. The first-order chi connectivity index (χ1) is 5.99. The standard InChI is InChI=1S/C6H13Br3O3Si/c1-10-13(11-2,12-3)6(8,9)4-5-7/h4-5H2,1-3H3. The second-order valence-electron chi connectivity index (χ2n) is 2.31. The molecule has 0 N–H and O–H groups in total. The molecule has 0 atom stereocenters. The number of rotatable bonds is 6. The molecule has 0 rings (SSSR count). The van der Waals surface area contributed by atoms with Crippen LogP contribution in [0.25, 0.3) is 0 Å². The van der Waals surface area contributed by atoms with Gasteiger partial charge < -0.3 is 13.3 Å². The Kier molecular flexibility index (Phi) is 6.92. The maximum Gasteiger partial charge on any atom is 0.529 e. The monoisotopic (exact) mass is 398 g/mol. The van der Waals surface area contributed by atoms with E-state index >= 15 is 0 Å². The topological polar surface area (TPSA) is 27.7 Å². The predicted molar refractivity (Wildman–Crippen MR) is 65.8 cm³/mol. The fourth-order valence-electron chi connectivity index (χ4n) is 0.970. The summed E-state index contributed by atoms with van der Waals surface area (Å²) in [6, 6.07) is 0. The van der Waals surface area contributed by atoms with E-state index in [1.807, 2.05) is 0 Å². The van der Waals surface area contributed by atoms with Crippen LogP contribution in [0, 0.1) is 0 Å². The van der Waals surface area contributed by atoms with Crippen LogP contribution in [0.3, 0.4) is 0 Å². The molecule has 0 amide bonds.